The molecule has 0 radical (unpaired) electrons. The molecule has 1 aliphatic rings. The number of aromatic nitrogens is 2. The third-order valence-electron chi connectivity index (χ3n) is 3.66. The lowest BCUT2D eigenvalue weighted by atomic mass is 10.1. The molecular formula is C17H21N3O. The first-order valence-corrected chi connectivity index (χ1v) is 7.63. The zero-order valence-electron chi connectivity index (χ0n) is 12.4. The van der Waals surface area contributed by atoms with Crippen molar-refractivity contribution in [1.82, 2.24) is 9.97 Å². The van der Waals surface area contributed by atoms with Gasteiger partial charge in [-0.1, -0.05) is 37.3 Å². The lowest BCUT2D eigenvalue weighted by molar-refractivity contribution is 0.193. The summed E-state index contributed by atoms with van der Waals surface area (Å²) >= 11 is 0. The molecule has 1 unspecified atom stereocenters. The van der Waals surface area contributed by atoms with E-state index in [2.05, 4.69) is 29.4 Å². The van der Waals surface area contributed by atoms with E-state index in [1.54, 1.807) is 0 Å². The zero-order chi connectivity index (χ0) is 14.5. The maximum atomic E-state index is 5.48. The van der Waals surface area contributed by atoms with Crippen LogP contribution in [0.5, 0.6) is 0 Å². The maximum Gasteiger partial charge on any atom is 0.136 e. The summed E-state index contributed by atoms with van der Waals surface area (Å²) in [5.74, 6) is 2.12. The van der Waals surface area contributed by atoms with E-state index in [4.69, 9.17) is 9.72 Å². The molecule has 3 rings (SSSR count). The molecule has 0 spiro atoms. The van der Waals surface area contributed by atoms with Gasteiger partial charge in [0.15, 0.2) is 0 Å². The summed E-state index contributed by atoms with van der Waals surface area (Å²) in [7, 11) is 0. The third kappa shape index (κ3) is 3.39. The van der Waals surface area contributed by atoms with Crippen LogP contribution < -0.4 is 5.32 Å². The van der Waals surface area contributed by atoms with Gasteiger partial charge in [-0.3, -0.25) is 0 Å². The second-order valence-electron chi connectivity index (χ2n) is 5.35. The van der Waals surface area contributed by atoms with Crippen LogP contribution in [-0.2, 0) is 4.74 Å². The molecule has 2 heterocycles. The molecule has 0 bridgehead atoms. The number of anilines is 1. The van der Waals surface area contributed by atoms with Gasteiger partial charge in [-0.25, -0.2) is 9.97 Å². The Bertz CT molecular complexity index is 580. The summed E-state index contributed by atoms with van der Waals surface area (Å²) in [6, 6.07) is 12.3. The Balaban J connectivity index is 1.96. The highest BCUT2D eigenvalue weighted by molar-refractivity contribution is 5.62. The van der Waals surface area contributed by atoms with E-state index in [9.17, 15) is 0 Å². The van der Waals surface area contributed by atoms with Gasteiger partial charge in [0.1, 0.15) is 11.6 Å². The van der Waals surface area contributed by atoms with Crippen LogP contribution in [0.3, 0.4) is 0 Å². The van der Waals surface area contributed by atoms with Gasteiger partial charge in [-0.05, 0) is 12.8 Å². The molecule has 0 aliphatic carbocycles. The van der Waals surface area contributed by atoms with Crippen molar-refractivity contribution in [2.45, 2.75) is 25.7 Å². The molecule has 2 aromatic rings. The summed E-state index contributed by atoms with van der Waals surface area (Å²) in [5, 5.41) is 3.38. The first-order valence-electron chi connectivity index (χ1n) is 7.63. The van der Waals surface area contributed by atoms with Gasteiger partial charge in [0.2, 0.25) is 0 Å². The van der Waals surface area contributed by atoms with Crippen molar-refractivity contribution in [2.75, 3.05) is 25.1 Å². The molecule has 21 heavy (non-hydrogen) atoms. The predicted octanol–water partition coefficient (Wildman–Crippen LogP) is 3.47. The molecule has 1 aromatic carbocycles. The molecule has 0 amide bonds. The third-order valence-corrected chi connectivity index (χ3v) is 3.66. The number of rotatable bonds is 5. The first-order chi connectivity index (χ1) is 10.4. The SMILES string of the molecule is CCCNc1cc(-c2ccccc2)nc(C2CCOC2)n1. The lowest BCUT2D eigenvalue weighted by Gasteiger charge is -2.12. The second kappa shape index (κ2) is 6.68. The normalized spacial score (nSPS) is 17.9. The van der Waals surface area contributed by atoms with Crippen molar-refractivity contribution in [3.05, 3.63) is 42.2 Å². The van der Waals surface area contributed by atoms with Gasteiger partial charge in [-0.15, -0.1) is 0 Å². The number of benzene rings is 1. The molecule has 1 fully saturated rings. The van der Waals surface area contributed by atoms with Crippen molar-refractivity contribution < 1.29 is 4.74 Å². The first kappa shape index (κ1) is 14.0. The Kier molecular flexibility index (Phi) is 4.46. The Morgan fingerprint density at radius 3 is 2.81 bits per heavy atom. The number of hydrogen-bond acceptors (Lipinski definition) is 4. The van der Waals surface area contributed by atoms with Crippen LogP contribution in [0.2, 0.25) is 0 Å². The van der Waals surface area contributed by atoms with Gasteiger partial charge in [0.25, 0.3) is 0 Å². The van der Waals surface area contributed by atoms with Crippen molar-refractivity contribution >= 4 is 5.82 Å². The topological polar surface area (TPSA) is 47.0 Å². The maximum absolute atomic E-state index is 5.48. The van der Waals surface area contributed by atoms with E-state index in [1.165, 1.54) is 0 Å². The monoisotopic (exact) mass is 283 g/mol. The predicted molar refractivity (Wildman–Crippen MR) is 84.4 cm³/mol. The molecule has 4 heteroatoms. The van der Waals surface area contributed by atoms with Gasteiger partial charge >= 0.3 is 0 Å². The van der Waals surface area contributed by atoms with E-state index in [1.807, 2.05) is 24.3 Å². The van der Waals surface area contributed by atoms with Crippen LogP contribution in [0.15, 0.2) is 36.4 Å². The fourth-order valence-corrected chi connectivity index (χ4v) is 2.49. The lowest BCUT2D eigenvalue weighted by Crippen LogP contribution is -2.09. The molecule has 0 saturated carbocycles. The van der Waals surface area contributed by atoms with Crippen molar-refractivity contribution in [3.8, 4) is 11.3 Å². The van der Waals surface area contributed by atoms with Crippen LogP contribution in [0, 0.1) is 0 Å². The molecule has 1 saturated heterocycles. The summed E-state index contributed by atoms with van der Waals surface area (Å²) < 4.78 is 5.48. The Labute approximate surface area is 125 Å². The van der Waals surface area contributed by atoms with Crippen LogP contribution in [0.1, 0.15) is 31.5 Å². The summed E-state index contributed by atoms with van der Waals surface area (Å²) in [4.78, 5) is 9.44. The van der Waals surface area contributed by atoms with Crippen LogP contribution in [0.4, 0.5) is 5.82 Å². The molecule has 4 nitrogen and oxygen atoms in total. The average molecular weight is 283 g/mol. The zero-order valence-corrected chi connectivity index (χ0v) is 12.4. The second-order valence-corrected chi connectivity index (χ2v) is 5.35. The minimum absolute atomic E-state index is 0.316. The largest absolute Gasteiger partial charge is 0.381 e. The minimum atomic E-state index is 0.316. The molecule has 1 aliphatic heterocycles. The standard InChI is InChI=1S/C17H21N3O/c1-2-9-18-16-11-15(13-6-4-3-5-7-13)19-17(20-16)14-8-10-21-12-14/h3-7,11,14H,2,8-10,12H2,1H3,(H,18,19,20). The highest BCUT2D eigenvalue weighted by atomic mass is 16.5. The summed E-state index contributed by atoms with van der Waals surface area (Å²) in [5.41, 5.74) is 2.10. The van der Waals surface area contributed by atoms with Gasteiger partial charge in [0.05, 0.1) is 12.3 Å². The fraction of sp³-hybridized carbons (Fsp3) is 0.412. The van der Waals surface area contributed by atoms with Gasteiger partial charge in [-0.2, -0.15) is 0 Å². The van der Waals surface area contributed by atoms with E-state index < -0.39 is 0 Å². The van der Waals surface area contributed by atoms with Gasteiger partial charge < -0.3 is 10.1 Å². The summed E-state index contributed by atoms with van der Waals surface area (Å²) in [6.45, 7) is 4.61. The quantitative estimate of drug-likeness (QED) is 0.912. The van der Waals surface area contributed by atoms with Crippen LogP contribution in [0.25, 0.3) is 11.3 Å². The van der Waals surface area contributed by atoms with E-state index in [-0.39, 0.29) is 0 Å². The number of hydrogen-bond donors (Lipinski definition) is 1. The van der Waals surface area contributed by atoms with E-state index >= 15 is 0 Å². The number of ether oxygens (including phenoxy) is 1. The minimum Gasteiger partial charge on any atom is -0.381 e. The van der Waals surface area contributed by atoms with E-state index in [0.717, 1.165) is 55.5 Å². The number of nitrogens with zero attached hydrogens (tertiary/aromatic N) is 2. The summed E-state index contributed by atoms with van der Waals surface area (Å²) in [6.07, 6.45) is 2.08. The Morgan fingerprint density at radius 1 is 1.24 bits per heavy atom. The molecule has 1 aromatic heterocycles. The molecule has 1 atom stereocenters. The van der Waals surface area contributed by atoms with Crippen LogP contribution in [-0.4, -0.2) is 29.7 Å². The van der Waals surface area contributed by atoms with Crippen molar-refractivity contribution in [1.29, 1.82) is 0 Å². The van der Waals surface area contributed by atoms with Crippen molar-refractivity contribution in [2.24, 2.45) is 0 Å². The Hall–Kier alpha value is -1.94. The highest BCUT2D eigenvalue weighted by Gasteiger charge is 2.21. The average Bonchev–Trinajstić information content (AvgIpc) is 3.08. The smallest absolute Gasteiger partial charge is 0.136 e. The fourth-order valence-electron chi connectivity index (χ4n) is 2.49. The highest BCUT2D eigenvalue weighted by Crippen LogP contribution is 2.26. The van der Waals surface area contributed by atoms with E-state index in [0.29, 0.717) is 5.92 Å². The molecule has 110 valence electrons. The van der Waals surface area contributed by atoms with Crippen molar-refractivity contribution in [3.63, 3.8) is 0 Å². The molecule has 1 N–H and O–H groups in total. The Morgan fingerprint density at radius 2 is 2.10 bits per heavy atom. The van der Waals surface area contributed by atoms with Gasteiger partial charge in [0, 0.05) is 30.7 Å². The number of nitrogens with one attached hydrogen (secondary N) is 1. The molecular weight excluding hydrogens is 262 g/mol. The van der Waals surface area contributed by atoms with Crippen LogP contribution >= 0.6 is 0 Å².